The molecule has 0 saturated carbocycles. The van der Waals surface area contributed by atoms with Crippen LogP contribution in [0.4, 0.5) is 15.5 Å². The number of urea groups is 2. The molecule has 4 saturated heterocycles. The smallest absolute Gasteiger partial charge is 0.317 e. The van der Waals surface area contributed by atoms with Crippen LogP contribution in [0.1, 0.15) is 34.9 Å². The molecule has 4 atom stereocenters. The summed E-state index contributed by atoms with van der Waals surface area (Å²) in [4.78, 5) is 56.0. The largest absolute Gasteiger partial charge is 0.371 e. The average Bonchev–Trinajstić information content (AvgIpc) is 4.22. The Labute approximate surface area is 414 Å². The zero-order chi connectivity index (χ0) is 47.8. The van der Waals surface area contributed by atoms with Crippen molar-refractivity contribution < 1.29 is 19.1 Å². The Morgan fingerprint density at radius 1 is 0.563 bits per heavy atom. The van der Waals surface area contributed by atoms with Gasteiger partial charge in [-0.25, -0.2) is 39.5 Å². The number of hydrogen-bond donors (Lipinski definition) is 3. The summed E-state index contributed by atoms with van der Waals surface area (Å²) < 4.78 is 16.3. The molecular weight excluding hydrogens is 920 g/mol. The van der Waals surface area contributed by atoms with Crippen molar-refractivity contribution in [3.63, 3.8) is 0 Å². The van der Waals surface area contributed by atoms with E-state index >= 15 is 0 Å². The van der Waals surface area contributed by atoms with Crippen LogP contribution in [-0.4, -0.2) is 139 Å². The number of ether oxygens (including phenoxy) is 2. The van der Waals surface area contributed by atoms with E-state index in [0.717, 1.165) is 95.2 Å². The van der Waals surface area contributed by atoms with Gasteiger partial charge in [-0.05, 0) is 58.1 Å². The summed E-state index contributed by atoms with van der Waals surface area (Å²) in [6.07, 6.45) is 7.25. The number of amides is 4. The predicted molar refractivity (Wildman–Crippen MR) is 268 cm³/mol. The quantitative estimate of drug-likeness (QED) is 0.169. The molecule has 0 radical (unpaired) electrons. The van der Waals surface area contributed by atoms with Gasteiger partial charge in [0.25, 0.3) is 0 Å². The molecule has 19 heteroatoms. The van der Waals surface area contributed by atoms with Crippen LogP contribution in [0.15, 0.2) is 122 Å². The fourth-order valence-electron chi connectivity index (χ4n) is 10.5. The second-order valence-corrected chi connectivity index (χ2v) is 18.7. The minimum atomic E-state index is 0.0319. The number of hydrogen-bond acceptors (Lipinski definition) is 12. The lowest BCUT2D eigenvalue weighted by Crippen LogP contribution is -2.52. The Kier molecular flexibility index (Phi) is 12.2. The minimum Gasteiger partial charge on any atom is -0.371 e. The number of nitrogens with one attached hydrogen (secondary N) is 3. The highest BCUT2D eigenvalue weighted by molar-refractivity contribution is 6.28. The third-order valence-corrected chi connectivity index (χ3v) is 14.3. The number of nitrogens with zero attached hydrogens (tertiary/aromatic N) is 11. The van der Waals surface area contributed by atoms with Gasteiger partial charge in [-0.2, -0.15) is 0 Å². The van der Waals surface area contributed by atoms with Gasteiger partial charge in [-0.3, -0.25) is 0 Å². The van der Waals surface area contributed by atoms with Crippen LogP contribution in [0, 0.1) is 0 Å². The van der Waals surface area contributed by atoms with Crippen LogP contribution in [0.2, 0.25) is 5.28 Å². The first-order chi connectivity index (χ1) is 34.9. The molecule has 4 aromatic carbocycles. The van der Waals surface area contributed by atoms with Gasteiger partial charge < -0.3 is 49.3 Å². The number of benzene rings is 4. The number of fused-ring (bicyclic) bond motifs is 8. The highest BCUT2D eigenvalue weighted by atomic mass is 35.5. The second-order valence-electron chi connectivity index (χ2n) is 18.3. The van der Waals surface area contributed by atoms with Gasteiger partial charge in [0.15, 0.2) is 0 Å². The zero-order valence-electron chi connectivity index (χ0n) is 38.8. The van der Waals surface area contributed by atoms with Gasteiger partial charge >= 0.3 is 12.1 Å². The van der Waals surface area contributed by atoms with Gasteiger partial charge in [-0.1, -0.05) is 72.8 Å². The molecule has 0 unspecified atom stereocenters. The molecule has 4 aromatic heterocycles. The van der Waals surface area contributed by atoms with Gasteiger partial charge in [0.2, 0.25) is 11.2 Å². The number of carbonyl (C=O) groups is 2. The minimum absolute atomic E-state index is 0.0319. The molecule has 6 aliphatic heterocycles. The van der Waals surface area contributed by atoms with E-state index in [1.165, 1.54) is 11.1 Å². The third kappa shape index (κ3) is 8.88. The van der Waals surface area contributed by atoms with Crippen LogP contribution in [0.25, 0.3) is 44.3 Å². The van der Waals surface area contributed by atoms with Crippen molar-refractivity contribution in [1.82, 2.24) is 64.8 Å². The monoisotopic (exact) mass is 970 g/mol. The van der Waals surface area contributed by atoms with E-state index in [9.17, 15) is 9.59 Å². The molecule has 4 amide bonds. The van der Waals surface area contributed by atoms with E-state index in [-0.39, 0.29) is 35.5 Å². The van der Waals surface area contributed by atoms with E-state index < -0.39 is 0 Å². The van der Waals surface area contributed by atoms with E-state index in [0.29, 0.717) is 51.5 Å². The summed E-state index contributed by atoms with van der Waals surface area (Å²) in [5.41, 5.74) is 10.5. The van der Waals surface area contributed by atoms with Crippen LogP contribution in [0.3, 0.4) is 0 Å². The molecule has 71 heavy (non-hydrogen) atoms. The molecule has 6 aliphatic rings. The Morgan fingerprint density at radius 2 is 1.08 bits per heavy atom. The highest BCUT2D eigenvalue weighted by Crippen LogP contribution is 2.35. The first kappa shape index (κ1) is 44.7. The maximum atomic E-state index is 11.9. The maximum absolute atomic E-state index is 11.9. The molecule has 18 nitrogen and oxygen atoms in total. The fourth-order valence-corrected chi connectivity index (χ4v) is 10.6. The summed E-state index contributed by atoms with van der Waals surface area (Å²) in [5.74, 6) is 2.60. The molecular formula is C52H51ClN14O4. The van der Waals surface area contributed by atoms with Crippen molar-refractivity contribution in [2.75, 3.05) is 70.5 Å². The van der Waals surface area contributed by atoms with E-state index in [1.54, 1.807) is 12.4 Å². The van der Waals surface area contributed by atoms with Gasteiger partial charge in [0, 0.05) is 88.3 Å². The number of anilines is 1. The number of imidazole rings is 2. The van der Waals surface area contributed by atoms with Crippen molar-refractivity contribution >= 4 is 51.7 Å². The Hall–Kier alpha value is -7.51. The lowest BCUT2D eigenvalue weighted by Gasteiger charge is -2.36. The van der Waals surface area contributed by atoms with Gasteiger partial charge in [0.05, 0.1) is 59.4 Å². The molecule has 0 aliphatic carbocycles. The Morgan fingerprint density at radius 3 is 1.63 bits per heavy atom. The Balaban J connectivity index is 0.000000125. The summed E-state index contributed by atoms with van der Waals surface area (Å²) in [6.45, 7) is 8.70. The first-order valence-corrected chi connectivity index (χ1v) is 24.4. The molecule has 14 rings (SSSR count). The summed E-state index contributed by atoms with van der Waals surface area (Å²) >= 11 is 5.81. The highest BCUT2D eigenvalue weighted by Gasteiger charge is 2.36. The Bertz CT molecular complexity index is 3210. The van der Waals surface area contributed by atoms with E-state index in [1.807, 2.05) is 46.5 Å². The average molecular weight is 972 g/mol. The predicted octanol–water partition coefficient (Wildman–Crippen LogP) is 6.08. The summed E-state index contributed by atoms with van der Waals surface area (Å²) in [7, 11) is 0. The molecule has 8 aromatic rings. The third-order valence-electron chi connectivity index (χ3n) is 14.1. The standard InChI is InChI=1S/C26H25N7O2.C20H15ClN4O.C6H11N3O/c34-26-29-13-20-14-31(8-9-32(20)26)25-27-11-19(12-28-25)18-6-7-21-22(10-18)33-23(15-35-16-24(33)30-21)17-4-2-1-3-5-17;21-20-22-9-15(10-23-20)14-6-7-16-17(8-14)25-18(11-26-12-19(25)24-16)13-4-2-1-3-5-13;10-6-8-4-5-3-7-1-2-9(5)6/h1-7,10-12,20,23H,8-9,13-16H2,(H,29,34);1-10,18H,11-12H2;5,7H,1-4H2,(H,8,10)/t20-,23-;18-;5-/m110/s1. The molecule has 360 valence electrons. The number of carbonyl (C=O) groups excluding carboxylic acids is 2. The second kappa shape index (κ2) is 19.4. The molecule has 0 spiro atoms. The zero-order valence-corrected chi connectivity index (χ0v) is 39.5. The molecule has 3 N–H and O–H groups in total. The molecule has 4 fully saturated rings. The number of aromatic nitrogens is 8. The van der Waals surface area contributed by atoms with Gasteiger partial charge in [-0.15, -0.1) is 0 Å². The van der Waals surface area contributed by atoms with Crippen molar-refractivity contribution in [3.05, 3.63) is 150 Å². The van der Waals surface area contributed by atoms with Crippen LogP contribution in [-0.2, 0) is 22.7 Å². The number of piperazine rings is 2. The first-order valence-electron chi connectivity index (χ1n) is 24.0. The molecule has 0 bridgehead atoms. The normalized spacial score (nSPS) is 21.2. The van der Waals surface area contributed by atoms with Crippen LogP contribution >= 0.6 is 11.6 Å². The van der Waals surface area contributed by atoms with Crippen LogP contribution in [0.5, 0.6) is 0 Å². The van der Waals surface area contributed by atoms with Crippen molar-refractivity contribution in [1.29, 1.82) is 0 Å². The summed E-state index contributed by atoms with van der Waals surface area (Å²) in [5, 5.41) is 9.22. The topological polar surface area (TPSA) is 186 Å². The van der Waals surface area contributed by atoms with Gasteiger partial charge in [0.1, 0.15) is 24.9 Å². The maximum Gasteiger partial charge on any atom is 0.317 e. The van der Waals surface area contributed by atoms with Crippen LogP contribution < -0.4 is 20.9 Å². The van der Waals surface area contributed by atoms with E-state index in [4.69, 9.17) is 31.0 Å². The lowest BCUT2D eigenvalue weighted by atomic mass is 10.1. The fraction of sp³-hybridized carbons (Fsp3) is 0.308. The van der Waals surface area contributed by atoms with Crippen molar-refractivity contribution in [2.24, 2.45) is 0 Å². The van der Waals surface area contributed by atoms with E-state index in [2.05, 4.69) is 123 Å². The van der Waals surface area contributed by atoms with Crippen molar-refractivity contribution in [2.45, 2.75) is 37.4 Å². The summed E-state index contributed by atoms with van der Waals surface area (Å²) in [6, 6.07) is 34.3. The lowest BCUT2D eigenvalue weighted by molar-refractivity contribution is 0.0679. The molecule has 10 heterocycles. The number of rotatable bonds is 5. The number of halogens is 1. The SMILES string of the molecule is Clc1ncc(-c2ccc3nc4n(c3c2)[C@@H](c2ccccc2)COC4)cn1.O=C1NC[C@@H]2CN(c3ncc(-c4ccc5nc6n(c5c4)[C@@H](c4ccccc4)COC6)cn3)CCN12.O=C1NC[C@@H]2CNCCN12. The van der Waals surface area contributed by atoms with Crippen molar-refractivity contribution in [3.8, 4) is 22.3 Å².